The van der Waals surface area contributed by atoms with Gasteiger partial charge in [0, 0.05) is 16.7 Å². The van der Waals surface area contributed by atoms with Gasteiger partial charge in [0.05, 0.1) is 11.4 Å². The number of benzene rings is 2. The molecule has 2 heterocycles. The van der Waals surface area contributed by atoms with Crippen LogP contribution >= 0.6 is 15.9 Å². The highest BCUT2D eigenvalue weighted by atomic mass is 79.9. The second-order valence-corrected chi connectivity index (χ2v) is 9.69. The van der Waals surface area contributed by atoms with Crippen molar-refractivity contribution in [3.8, 4) is 5.75 Å². The molecular formula is C21H19BrN2O5S. The number of nitrogens with one attached hydrogen (secondary N) is 1. The average molecular weight is 491 g/mol. The SMILES string of the molecule is O=C(Nc1cccc(N2CCCS2(=O)=O)c1)c1ccc(COc2cccc(Br)c2)o1. The molecule has 156 valence electrons. The molecule has 0 spiro atoms. The molecule has 1 aliphatic heterocycles. The monoisotopic (exact) mass is 490 g/mol. The Hall–Kier alpha value is -2.78. The normalized spacial score (nSPS) is 15.2. The number of carbonyl (C=O) groups excluding carboxylic acids is 1. The van der Waals surface area contributed by atoms with E-state index in [9.17, 15) is 13.2 Å². The molecule has 0 atom stereocenters. The summed E-state index contributed by atoms with van der Waals surface area (Å²) >= 11 is 3.38. The fourth-order valence-corrected chi connectivity index (χ4v) is 5.08. The third-order valence-electron chi connectivity index (χ3n) is 4.55. The van der Waals surface area contributed by atoms with Gasteiger partial charge >= 0.3 is 0 Å². The fraction of sp³-hybridized carbons (Fsp3) is 0.190. The van der Waals surface area contributed by atoms with Crippen molar-refractivity contribution in [3.63, 3.8) is 0 Å². The van der Waals surface area contributed by atoms with Gasteiger partial charge in [-0.2, -0.15) is 0 Å². The Bertz CT molecular complexity index is 1180. The maximum atomic E-state index is 12.5. The second-order valence-electron chi connectivity index (χ2n) is 6.76. The standard InChI is InChI=1S/C21H19BrN2O5S/c22-15-4-1-7-18(12-15)28-14-19-8-9-20(29-19)21(25)23-16-5-2-6-17(13-16)24-10-3-11-30(24,26)27/h1-2,4-9,12-13H,3,10-11,14H2,(H,23,25). The minimum absolute atomic E-state index is 0.140. The zero-order valence-corrected chi connectivity index (χ0v) is 18.3. The van der Waals surface area contributed by atoms with Crippen LogP contribution in [-0.2, 0) is 16.6 Å². The number of amides is 1. The molecule has 0 radical (unpaired) electrons. The smallest absolute Gasteiger partial charge is 0.291 e. The molecule has 3 aromatic rings. The minimum atomic E-state index is -3.28. The number of hydrogen-bond donors (Lipinski definition) is 1. The van der Waals surface area contributed by atoms with E-state index in [0.717, 1.165) is 4.47 Å². The summed E-state index contributed by atoms with van der Waals surface area (Å²) < 4.78 is 37.7. The largest absolute Gasteiger partial charge is 0.486 e. The lowest BCUT2D eigenvalue weighted by Gasteiger charge is -2.17. The summed E-state index contributed by atoms with van der Waals surface area (Å²) in [5.74, 6) is 1.05. The van der Waals surface area contributed by atoms with E-state index in [1.165, 1.54) is 4.31 Å². The van der Waals surface area contributed by atoms with Crippen LogP contribution in [0.15, 0.2) is 69.6 Å². The van der Waals surface area contributed by atoms with Crippen LogP contribution in [0.25, 0.3) is 0 Å². The molecule has 7 nitrogen and oxygen atoms in total. The number of furan rings is 1. The molecule has 4 rings (SSSR count). The van der Waals surface area contributed by atoms with Gasteiger partial charge in [-0.15, -0.1) is 0 Å². The van der Waals surface area contributed by atoms with Crippen molar-refractivity contribution in [2.45, 2.75) is 13.0 Å². The molecule has 1 saturated heterocycles. The number of nitrogens with zero attached hydrogens (tertiary/aromatic N) is 1. The maximum absolute atomic E-state index is 12.5. The molecule has 30 heavy (non-hydrogen) atoms. The summed E-state index contributed by atoms with van der Waals surface area (Å²) in [6, 6.07) is 17.4. The van der Waals surface area contributed by atoms with Crippen LogP contribution < -0.4 is 14.4 Å². The van der Waals surface area contributed by atoms with Gasteiger partial charge in [-0.25, -0.2) is 8.42 Å². The number of halogens is 1. The second kappa shape index (κ2) is 8.53. The molecular weight excluding hydrogens is 472 g/mol. The van der Waals surface area contributed by atoms with Crippen LogP contribution in [0.4, 0.5) is 11.4 Å². The van der Waals surface area contributed by atoms with Crippen molar-refractivity contribution >= 4 is 43.2 Å². The van der Waals surface area contributed by atoms with Gasteiger partial charge in [0.1, 0.15) is 18.1 Å². The molecule has 1 amide bonds. The van der Waals surface area contributed by atoms with E-state index >= 15 is 0 Å². The van der Waals surface area contributed by atoms with E-state index in [1.54, 1.807) is 36.4 Å². The zero-order valence-electron chi connectivity index (χ0n) is 15.9. The first kappa shape index (κ1) is 20.5. The van der Waals surface area contributed by atoms with Gasteiger partial charge in [0.15, 0.2) is 5.76 Å². The molecule has 1 aliphatic rings. The average Bonchev–Trinajstić information content (AvgIpc) is 3.33. The Morgan fingerprint density at radius 2 is 1.97 bits per heavy atom. The van der Waals surface area contributed by atoms with E-state index in [4.69, 9.17) is 9.15 Å². The number of anilines is 2. The van der Waals surface area contributed by atoms with Gasteiger partial charge in [0.25, 0.3) is 5.91 Å². The molecule has 1 N–H and O–H groups in total. The van der Waals surface area contributed by atoms with Gasteiger partial charge in [-0.1, -0.05) is 28.1 Å². The van der Waals surface area contributed by atoms with Crippen LogP contribution in [0.1, 0.15) is 22.7 Å². The molecule has 1 fully saturated rings. The van der Waals surface area contributed by atoms with Crippen LogP contribution in [0.5, 0.6) is 5.75 Å². The van der Waals surface area contributed by atoms with Crippen molar-refractivity contribution in [3.05, 3.63) is 76.7 Å². The van der Waals surface area contributed by atoms with Crippen LogP contribution in [-0.4, -0.2) is 26.6 Å². The van der Waals surface area contributed by atoms with Gasteiger partial charge in [0.2, 0.25) is 10.0 Å². The summed E-state index contributed by atoms with van der Waals surface area (Å²) in [5, 5.41) is 2.74. The van der Waals surface area contributed by atoms with Crippen LogP contribution in [0.3, 0.4) is 0 Å². The fourth-order valence-electron chi connectivity index (χ4n) is 3.15. The Balaban J connectivity index is 1.40. The van der Waals surface area contributed by atoms with E-state index in [0.29, 0.717) is 35.9 Å². The summed E-state index contributed by atoms with van der Waals surface area (Å²) in [6.07, 6.45) is 0.593. The minimum Gasteiger partial charge on any atom is -0.486 e. The molecule has 9 heteroatoms. The predicted octanol–water partition coefficient (Wildman–Crippen LogP) is 4.41. The predicted molar refractivity (Wildman–Crippen MR) is 117 cm³/mol. The van der Waals surface area contributed by atoms with Gasteiger partial charge < -0.3 is 14.5 Å². The molecule has 0 bridgehead atoms. The number of sulfonamides is 1. The number of rotatable bonds is 6. The number of ether oxygens (including phenoxy) is 1. The third kappa shape index (κ3) is 4.68. The van der Waals surface area contributed by atoms with E-state index in [2.05, 4.69) is 21.2 Å². The molecule has 0 unspecified atom stereocenters. The number of carbonyl (C=O) groups is 1. The van der Waals surface area contributed by atoms with Crippen molar-refractivity contribution in [2.75, 3.05) is 21.9 Å². The highest BCUT2D eigenvalue weighted by molar-refractivity contribution is 9.10. The van der Waals surface area contributed by atoms with Crippen LogP contribution in [0, 0.1) is 0 Å². The highest BCUT2D eigenvalue weighted by Crippen LogP contribution is 2.27. The summed E-state index contributed by atoms with van der Waals surface area (Å²) in [4.78, 5) is 12.5. The molecule has 2 aromatic carbocycles. The van der Waals surface area contributed by atoms with Crippen molar-refractivity contribution in [1.29, 1.82) is 0 Å². The Kier molecular flexibility index (Phi) is 5.83. The highest BCUT2D eigenvalue weighted by Gasteiger charge is 2.28. The van der Waals surface area contributed by atoms with Crippen LogP contribution in [0.2, 0.25) is 0 Å². The topological polar surface area (TPSA) is 88.9 Å². The quantitative estimate of drug-likeness (QED) is 0.552. The molecule has 0 aliphatic carbocycles. The first-order valence-electron chi connectivity index (χ1n) is 9.30. The number of hydrogen-bond acceptors (Lipinski definition) is 5. The summed E-state index contributed by atoms with van der Waals surface area (Å²) in [7, 11) is -3.28. The lowest BCUT2D eigenvalue weighted by atomic mass is 10.2. The Morgan fingerprint density at radius 1 is 1.13 bits per heavy atom. The first-order valence-corrected chi connectivity index (χ1v) is 11.7. The van der Waals surface area contributed by atoms with Crippen molar-refractivity contribution < 1.29 is 22.4 Å². The zero-order chi connectivity index (χ0) is 21.1. The first-order chi connectivity index (χ1) is 14.4. The van der Waals surface area contributed by atoms with Crippen molar-refractivity contribution in [2.24, 2.45) is 0 Å². The lowest BCUT2D eigenvalue weighted by Crippen LogP contribution is -2.25. The molecule has 1 aromatic heterocycles. The Labute approximate surface area is 182 Å². The summed E-state index contributed by atoms with van der Waals surface area (Å²) in [5.41, 5.74) is 1.02. The van der Waals surface area contributed by atoms with E-state index < -0.39 is 15.9 Å². The van der Waals surface area contributed by atoms with Gasteiger partial charge in [-0.3, -0.25) is 9.10 Å². The molecule has 0 saturated carbocycles. The maximum Gasteiger partial charge on any atom is 0.291 e. The van der Waals surface area contributed by atoms with E-state index in [-0.39, 0.29) is 18.1 Å². The third-order valence-corrected chi connectivity index (χ3v) is 6.92. The Morgan fingerprint density at radius 3 is 2.73 bits per heavy atom. The van der Waals surface area contributed by atoms with E-state index in [1.807, 2.05) is 24.3 Å². The lowest BCUT2D eigenvalue weighted by molar-refractivity contribution is 0.0992. The van der Waals surface area contributed by atoms with Crippen molar-refractivity contribution in [1.82, 2.24) is 0 Å². The summed E-state index contributed by atoms with van der Waals surface area (Å²) in [6.45, 7) is 0.630. The van der Waals surface area contributed by atoms with Gasteiger partial charge in [-0.05, 0) is 55.0 Å².